The Hall–Kier alpha value is -1.39. The quantitative estimate of drug-likeness (QED) is 0.896. The van der Waals surface area contributed by atoms with E-state index < -0.39 is 6.04 Å². The molecule has 0 fully saturated rings. The highest BCUT2D eigenvalue weighted by Crippen LogP contribution is 2.25. The molecule has 23 heavy (non-hydrogen) atoms. The van der Waals surface area contributed by atoms with Gasteiger partial charge in [-0.15, -0.1) is 0 Å². The van der Waals surface area contributed by atoms with Crippen LogP contribution < -0.4 is 11.1 Å². The van der Waals surface area contributed by atoms with E-state index in [2.05, 4.69) is 48.3 Å². The predicted molar refractivity (Wildman–Crippen MR) is 95.1 cm³/mol. The van der Waals surface area contributed by atoms with E-state index in [1.165, 1.54) is 11.1 Å². The van der Waals surface area contributed by atoms with Crippen molar-refractivity contribution in [3.05, 3.63) is 35.4 Å². The molecule has 1 atom stereocenters. The van der Waals surface area contributed by atoms with Crippen molar-refractivity contribution in [2.75, 3.05) is 13.1 Å². The predicted octanol–water partition coefficient (Wildman–Crippen LogP) is 2.31. The molecule has 1 aliphatic heterocycles. The van der Waals surface area contributed by atoms with Crippen molar-refractivity contribution in [3.8, 4) is 0 Å². The first kappa shape index (κ1) is 18.0. The molecule has 1 aromatic carbocycles. The molecule has 1 amide bonds. The second kappa shape index (κ2) is 6.62. The number of carbonyl (C=O) groups excluding carboxylic acids is 1. The first-order chi connectivity index (χ1) is 10.6. The first-order valence-electron chi connectivity index (χ1n) is 8.46. The van der Waals surface area contributed by atoms with Crippen LogP contribution in [0.25, 0.3) is 0 Å². The van der Waals surface area contributed by atoms with E-state index in [-0.39, 0.29) is 16.9 Å². The lowest BCUT2D eigenvalue weighted by Crippen LogP contribution is -2.56. The van der Waals surface area contributed by atoms with Crippen molar-refractivity contribution in [2.45, 2.75) is 59.2 Å². The molecule has 0 saturated heterocycles. The number of nitrogens with zero attached hydrogens (tertiary/aromatic N) is 1. The van der Waals surface area contributed by atoms with Gasteiger partial charge in [0.25, 0.3) is 0 Å². The van der Waals surface area contributed by atoms with Crippen molar-refractivity contribution >= 4 is 5.91 Å². The number of carbonyl (C=O) groups is 1. The minimum absolute atomic E-state index is 0.0667. The third-order valence-corrected chi connectivity index (χ3v) is 4.90. The van der Waals surface area contributed by atoms with Gasteiger partial charge < -0.3 is 11.1 Å². The number of rotatable bonds is 4. The largest absolute Gasteiger partial charge is 0.353 e. The molecule has 4 heteroatoms. The molecule has 0 aromatic heterocycles. The zero-order chi connectivity index (χ0) is 17.3. The molecular weight excluding hydrogens is 286 g/mol. The lowest BCUT2D eigenvalue weighted by atomic mass is 9.86. The van der Waals surface area contributed by atoms with Crippen molar-refractivity contribution in [2.24, 2.45) is 11.1 Å². The number of fused-ring (bicyclic) bond motifs is 1. The first-order valence-corrected chi connectivity index (χ1v) is 8.46. The minimum Gasteiger partial charge on any atom is -0.353 e. The number of amides is 1. The maximum Gasteiger partial charge on any atom is 0.237 e. The molecule has 0 unspecified atom stereocenters. The van der Waals surface area contributed by atoms with Crippen LogP contribution in [0, 0.1) is 5.41 Å². The summed E-state index contributed by atoms with van der Waals surface area (Å²) in [6, 6.07) is 8.13. The Morgan fingerprint density at radius 2 is 1.83 bits per heavy atom. The Balaban J connectivity index is 1.96. The van der Waals surface area contributed by atoms with Gasteiger partial charge in [-0.3, -0.25) is 9.69 Å². The van der Waals surface area contributed by atoms with Crippen LogP contribution in [0.15, 0.2) is 24.3 Å². The Labute approximate surface area is 140 Å². The molecular formula is C19H31N3O. The summed E-state index contributed by atoms with van der Waals surface area (Å²) in [6.07, 6.45) is 1.06. The summed E-state index contributed by atoms with van der Waals surface area (Å²) in [6.45, 7) is 12.9. The molecule has 0 saturated carbocycles. The van der Waals surface area contributed by atoms with E-state index in [0.717, 1.165) is 19.5 Å². The molecule has 0 aliphatic carbocycles. The van der Waals surface area contributed by atoms with Crippen LogP contribution in [0.2, 0.25) is 0 Å². The van der Waals surface area contributed by atoms with Crippen LogP contribution in [-0.2, 0) is 17.8 Å². The number of nitrogens with one attached hydrogen (secondary N) is 1. The monoisotopic (exact) mass is 317 g/mol. The molecule has 1 heterocycles. The number of hydrogen-bond donors (Lipinski definition) is 2. The average molecular weight is 317 g/mol. The zero-order valence-corrected chi connectivity index (χ0v) is 15.1. The standard InChI is InChI=1S/C19H31N3O/c1-18(2,3)16(20)17(23)21-13-19(4,5)22-11-10-14-8-6-7-9-15(14)12-22/h6-9,16H,10-13,20H2,1-5H3,(H,21,23)/t16-/m1/s1. The fourth-order valence-electron chi connectivity index (χ4n) is 2.93. The van der Waals surface area contributed by atoms with Crippen LogP contribution in [-0.4, -0.2) is 35.5 Å². The van der Waals surface area contributed by atoms with E-state index >= 15 is 0 Å². The average Bonchev–Trinajstić information content (AvgIpc) is 2.50. The van der Waals surface area contributed by atoms with Crippen molar-refractivity contribution in [3.63, 3.8) is 0 Å². The summed E-state index contributed by atoms with van der Waals surface area (Å²) >= 11 is 0. The van der Waals surface area contributed by atoms with Gasteiger partial charge in [-0.1, -0.05) is 45.0 Å². The van der Waals surface area contributed by atoms with Gasteiger partial charge in [0.05, 0.1) is 6.04 Å². The van der Waals surface area contributed by atoms with Crippen LogP contribution in [0.5, 0.6) is 0 Å². The molecule has 128 valence electrons. The SMILES string of the molecule is CC(C)(C)[C@H](N)C(=O)NCC(C)(C)N1CCc2ccccc2C1. The summed E-state index contributed by atoms with van der Waals surface area (Å²) in [4.78, 5) is 14.7. The molecule has 2 rings (SSSR count). The third kappa shape index (κ3) is 4.33. The fraction of sp³-hybridized carbons (Fsp3) is 0.632. The molecule has 0 spiro atoms. The van der Waals surface area contributed by atoms with Crippen LogP contribution in [0.1, 0.15) is 45.7 Å². The Bertz CT molecular complexity index is 560. The zero-order valence-electron chi connectivity index (χ0n) is 15.1. The molecule has 0 bridgehead atoms. The molecule has 1 aromatic rings. The van der Waals surface area contributed by atoms with Gasteiger partial charge >= 0.3 is 0 Å². The van der Waals surface area contributed by atoms with E-state index in [9.17, 15) is 4.79 Å². The topological polar surface area (TPSA) is 58.4 Å². The summed E-state index contributed by atoms with van der Waals surface area (Å²) in [7, 11) is 0. The number of hydrogen-bond acceptors (Lipinski definition) is 3. The second-order valence-corrected chi connectivity index (χ2v) is 8.31. The Morgan fingerprint density at radius 1 is 1.22 bits per heavy atom. The highest BCUT2D eigenvalue weighted by molar-refractivity contribution is 5.82. The molecule has 1 aliphatic rings. The lowest BCUT2D eigenvalue weighted by molar-refractivity contribution is -0.125. The number of benzene rings is 1. The van der Waals surface area contributed by atoms with Gasteiger partial charge in [0.15, 0.2) is 0 Å². The van der Waals surface area contributed by atoms with E-state index in [1.54, 1.807) is 0 Å². The Kier molecular flexibility index (Phi) is 5.17. The smallest absolute Gasteiger partial charge is 0.237 e. The van der Waals surface area contributed by atoms with Crippen molar-refractivity contribution < 1.29 is 4.79 Å². The third-order valence-electron chi connectivity index (χ3n) is 4.90. The van der Waals surface area contributed by atoms with Gasteiger partial charge in [-0.2, -0.15) is 0 Å². The highest BCUT2D eigenvalue weighted by atomic mass is 16.2. The molecule has 4 nitrogen and oxygen atoms in total. The summed E-state index contributed by atoms with van der Waals surface area (Å²) in [5, 5.41) is 3.04. The summed E-state index contributed by atoms with van der Waals surface area (Å²) in [5.41, 5.74) is 8.56. The minimum atomic E-state index is -0.486. The maximum atomic E-state index is 12.3. The van der Waals surface area contributed by atoms with Gasteiger partial charge in [0.1, 0.15) is 0 Å². The Morgan fingerprint density at radius 3 is 2.43 bits per heavy atom. The van der Waals surface area contributed by atoms with Gasteiger partial charge in [0.2, 0.25) is 5.91 Å². The highest BCUT2D eigenvalue weighted by Gasteiger charge is 2.32. The van der Waals surface area contributed by atoms with Crippen LogP contribution >= 0.6 is 0 Å². The fourth-order valence-corrected chi connectivity index (χ4v) is 2.93. The summed E-state index contributed by atoms with van der Waals surface area (Å²) < 4.78 is 0. The summed E-state index contributed by atoms with van der Waals surface area (Å²) in [5.74, 6) is -0.0667. The van der Waals surface area contributed by atoms with E-state index in [1.807, 2.05) is 20.8 Å². The van der Waals surface area contributed by atoms with Crippen molar-refractivity contribution in [1.29, 1.82) is 0 Å². The molecule has 0 radical (unpaired) electrons. The second-order valence-electron chi connectivity index (χ2n) is 8.31. The van der Waals surface area contributed by atoms with Gasteiger partial charge in [0, 0.05) is 25.2 Å². The van der Waals surface area contributed by atoms with Crippen LogP contribution in [0.4, 0.5) is 0 Å². The normalized spacial score (nSPS) is 17.5. The van der Waals surface area contributed by atoms with Gasteiger partial charge in [-0.25, -0.2) is 0 Å². The van der Waals surface area contributed by atoms with E-state index in [4.69, 9.17) is 5.73 Å². The van der Waals surface area contributed by atoms with Crippen LogP contribution in [0.3, 0.4) is 0 Å². The van der Waals surface area contributed by atoms with E-state index in [0.29, 0.717) is 6.54 Å². The van der Waals surface area contributed by atoms with Crippen molar-refractivity contribution in [1.82, 2.24) is 10.2 Å². The number of nitrogens with two attached hydrogens (primary N) is 1. The maximum absolute atomic E-state index is 12.3. The van der Waals surface area contributed by atoms with Gasteiger partial charge in [-0.05, 0) is 36.8 Å². The lowest BCUT2D eigenvalue weighted by Gasteiger charge is -2.42. The molecule has 3 N–H and O–H groups in total.